The lowest BCUT2D eigenvalue weighted by Crippen LogP contribution is -2.15. The van der Waals surface area contributed by atoms with Crippen molar-refractivity contribution >= 4 is 0 Å². The maximum Gasteiger partial charge on any atom is 0.0574 e. The predicted octanol–water partition coefficient (Wildman–Crippen LogP) is 3.01. The molecule has 1 unspecified atom stereocenters. The molecule has 122 valence electrons. The van der Waals surface area contributed by atoms with Gasteiger partial charge in [-0.2, -0.15) is 0 Å². The van der Waals surface area contributed by atoms with Gasteiger partial charge in [-0.25, -0.2) is 0 Å². The van der Waals surface area contributed by atoms with Gasteiger partial charge in [0.1, 0.15) is 0 Å². The van der Waals surface area contributed by atoms with Crippen molar-refractivity contribution in [1.29, 1.82) is 0 Å². The molecule has 4 heteroatoms. The molecule has 0 aliphatic carbocycles. The smallest absolute Gasteiger partial charge is 0.0574 e. The van der Waals surface area contributed by atoms with Gasteiger partial charge in [0.25, 0.3) is 0 Å². The molecule has 0 aliphatic rings. The van der Waals surface area contributed by atoms with E-state index in [4.69, 9.17) is 5.73 Å². The van der Waals surface area contributed by atoms with Crippen molar-refractivity contribution in [1.82, 2.24) is 15.3 Å². The Balaban J connectivity index is 1.50. The molecule has 1 aromatic carbocycles. The third-order valence-electron chi connectivity index (χ3n) is 3.91. The summed E-state index contributed by atoms with van der Waals surface area (Å²) in [6.07, 6.45) is 4.39. The Bertz CT molecular complexity index is 727. The third-order valence-corrected chi connectivity index (χ3v) is 3.91. The molecule has 0 bridgehead atoms. The first kappa shape index (κ1) is 16.3. The van der Waals surface area contributed by atoms with E-state index in [0.717, 1.165) is 30.9 Å². The number of pyridine rings is 2. The van der Waals surface area contributed by atoms with Gasteiger partial charge in [0, 0.05) is 25.5 Å². The van der Waals surface area contributed by atoms with E-state index in [-0.39, 0.29) is 6.04 Å². The molecule has 0 spiro atoms. The highest BCUT2D eigenvalue weighted by Gasteiger charge is 2.07. The van der Waals surface area contributed by atoms with Gasteiger partial charge in [-0.05, 0) is 41.8 Å². The van der Waals surface area contributed by atoms with E-state index in [2.05, 4.69) is 39.6 Å². The fourth-order valence-electron chi connectivity index (χ4n) is 2.58. The number of aromatic nitrogens is 2. The predicted molar refractivity (Wildman–Crippen MR) is 96.1 cm³/mol. The Morgan fingerprint density at radius 1 is 0.792 bits per heavy atom. The zero-order chi connectivity index (χ0) is 16.6. The summed E-state index contributed by atoms with van der Waals surface area (Å²) in [6.45, 7) is 1.59. The van der Waals surface area contributed by atoms with Crippen molar-refractivity contribution in [2.45, 2.75) is 25.6 Å². The highest BCUT2D eigenvalue weighted by atomic mass is 14.9. The fraction of sp³-hybridized carbons (Fsp3) is 0.200. The lowest BCUT2D eigenvalue weighted by molar-refractivity contribution is 0.677. The molecule has 0 saturated carbocycles. The Kier molecular flexibility index (Phi) is 5.66. The zero-order valence-electron chi connectivity index (χ0n) is 13.6. The van der Waals surface area contributed by atoms with E-state index in [1.165, 1.54) is 11.1 Å². The summed E-state index contributed by atoms with van der Waals surface area (Å²) in [4.78, 5) is 8.62. The van der Waals surface area contributed by atoms with Gasteiger partial charge in [0.2, 0.25) is 0 Å². The lowest BCUT2D eigenvalue weighted by Gasteiger charge is -2.11. The van der Waals surface area contributed by atoms with Crippen LogP contribution in [-0.2, 0) is 19.5 Å². The van der Waals surface area contributed by atoms with Gasteiger partial charge < -0.3 is 11.1 Å². The molecule has 0 fully saturated rings. The number of nitrogens with two attached hydrogens (primary N) is 1. The van der Waals surface area contributed by atoms with Crippen molar-refractivity contribution in [2.75, 3.05) is 0 Å². The second-order valence-corrected chi connectivity index (χ2v) is 5.81. The molecule has 0 aliphatic heterocycles. The molecular weight excluding hydrogens is 296 g/mol. The maximum absolute atomic E-state index is 6.23. The van der Waals surface area contributed by atoms with Crippen LogP contribution in [0.3, 0.4) is 0 Å². The minimum absolute atomic E-state index is 0.0701. The van der Waals surface area contributed by atoms with Gasteiger partial charge in [-0.15, -0.1) is 0 Å². The average molecular weight is 318 g/mol. The molecule has 24 heavy (non-hydrogen) atoms. The minimum atomic E-state index is -0.0701. The average Bonchev–Trinajstić information content (AvgIpc) is 2.65. The Morgan fingerprint density at radius 3 is 2.17 bits per heavy atom. The normalized spacial score (nSPS) is 12.0. The first-order valence-corrected chi connectivity index (χ1v) is 8.16. The number of hydrogen-bond acceptors (Lipinski definition) is 4. The quantitative estimate of drug-likeness (QED) is 0.703. The number of nitrogens with zero attached hydrogens (tertiary/aromatic N) is 2. The molecule has 0 saturated heterocycles. The lowest BCUT2D eigenvalue weighted by atomic mass is 10.0. The molecule has 1 atom stereocenters. The number of hydrogen-bond donors (Lipinski definition) is 2. The summed E-state index contributed by atoms with van der Waals surface area (Å²) in [6, 6.07) is 20.3. The van der Waals surface area contributed by atoms with Crippen LogP contribution in [0.2, 0.25) is 0 Å². The van der Waals surface area contributed by atoms with Crippen LogP contribution in [-0.4, -0.2) is 9.97 Å². The van der Waals surface area contributed by atoms with Crippen molar-refractivity contribution in [3.63, 3.8) is 0 Å². The summed E-state index contributed by atoms with van der Waals surface area (Å²) < 4.78 is 0. The first-order chi connectivity index (χ1) is 11.8. The fourth-order valence-corrected chi connectivity index (χ4v) is 2.58. The standard InChI is InChI=1S/C20H22N4/c21-19(20-6-2-4-12-24-20)13-16-7-9-17(10-8-16)14-22-15-18-5-1-3-11-23-18/h1-12,19,22H,13-15,21H2. The molecule has 0 radical (unpaired) electrons. The van der Waals surface area contributed by atoms with Crippen LogP contribution in [0.5, 0.6) is 0 Å². The molecule has 2 heterocycles. The summed E-state index contributed by atoms with van der Waals surface area (Å²) in [7, 11) is 0. The minimum Gasteiger partial charge on any atom is -0.322 e. The maximum atomic E-state index is 6.23. The Morgan fingerprint density at radius 2 is 1.50 bits per heavy atom. The van der Waals surface area contributed by atoms with Crippen molar-refractivity contribution < 1.29 is 0 Å². The van der Waals surface area contributed by atoms with Crippen LogP contribution in [0, 0.1) is 0 Å². The van der Waals surface area contributed by atoms with Crippen LogP contribution in [0.1, 0.15) is 28.6 Å². The van der Waals surface area contributed by atoms with Crippen molar-refractivity contribution in [3.05, 3.63) is 95.6 Å². The second-order valence-electron chi connectivity index (χ2n) is 5.81. The molecule has 3 aromatic rings. The number of nitrogens with one attached hydrogen (secondary N) is 1. The van der Waals surface area contributed by atoms with Crippen LogP contribution in [0.4, 0.5) is 0 Å². The molecule has 2 aromatic heterocycles. The van der Waals surface area contributed by atoms with Crippen LogP contribution in [0.25, 0.3) is 0 Å². The van der Waals surface area contributed by atoms with Gasteiger partial charge in [-0.3, -0.25) is 9.97 Å². The topological polar surface area (TPSA) is 63.8 Å². The highest BCUT2D eigenvalue weighted by molar-refractivity contribution is 5.24. The summed E-state index contributed by atoms with van der Waals surface area (Å²) in [5.41, 5.74) is 10.7. The van der Waals surface area contributed by atoms with Crippen LogP contribution >= 0.6 is 0 Å². The van der Waals surface area contributed by atoms with Crippen LogP contribution < -0.4 is 11.1 Å². The first-order valence-electron chi connectivity index (χ1n) is 8.16. The molecule has 3 N–H and O–H groups in total. The van der Waals surface area contributed by atoms with Gasteiger partial charge in [-0.1, -0.05) is 36.4 Å². The van der Waals surface area contributed by atoms with E-state index in [9.17, 15) is 0 Å². The van der Waals surface area contributed by atoms with E-state index < -0.39 is 0 Å². The SMILES string of the molecule is NC(Cc1ccc(CNCc2ccccn2)cc1)c1ccccn1. The molecule has 0 amide bonds. The van der Waals surface area contributed by atoms with Crippen molar-refractivity contribution in [2.24, 2.45) is 5.73 Å². The number of rotatable bonds is 7. The summed E-state index contributed by atoms with van der Waals surface area (Å²) in [5, 5.41) is 3.41. The number of benzene rings is 1. The second kappa shape index (κ2) is 8.34. The third kappa shape index (κ3) is 4.72. The monoisotopic (exact) mass is 318 g/mol. The van der Waals surface area contributed by atoms with Crippen molar-refractivity contribution in [3.8, 4) is 0 Å². The molecule has 3 rings (SSSR count). The zero-order valence-corrected chi connectivity index (χ0v) is 13.6. The summed E-state index contributed by atoms with van der Waals surface area (Å²) in [5.74, 6) is 0. The van der Waals surface area contributed by atoms with Gasteiger partial charge in [0.05, 0.1) is 17.4 Å². The Labute approximate surface area is 142 Å². The largest absolute Gasteiger partial charge is 0.322 e. The van der Waals surface area contributed by atoms with Gasteiger partial charge in [0.15, 0.2) is 0 Å². The van der Waals surface area contributed by atoms with E-state index in [1.54, 1.807) is 6.20 Å². The molecular formula is C20H22N4. The van der Waals surface area contributed by atoms with Gasteiger partial charge >= 0.3 is 0 Å². The molecule has 4 nitrogen and oxygen atoms in total. The van der Waals surface area contributed by atoms with Crippen LogP contribution in [0.15, 0.2) is 73.1 Å². The van der Waals surface area contributed by atoms with E-state index in [0.29, 0.717) is 0 Å². The van der Waals surface area contributed by atoms with E-state index in [1.807, 2.05) is 42.6 Å². The Hall–Kier alpha value is -2.56. The van der Waals surface area contributed by atoms with E-state index >= 15 is 0 Å². The highest BCUT2D eigenvalue weighted by Crippen LogP contribution is 2.14. The summed E-state index contributed by atoms with van der Waals surface area (Å²) >= 11 is 0.